The number of rotatable bonds is 10. The van der Waals surface area contributed by atoms with Gasteiger partial charge in [-0.05, 0) is 50.8 Å². The molecule has 0 aliphatic carbocycles. The monoisotopic (exact) mass is 432 g/mol. The first-order valence-electron chi connectivity index (χ1n) is 10.7. The number of carbonyl (C=O) groups excluding carboxylic acids is 1. The highest BCUT2D eigenvalue weighted by atomic mass is 16.1. The van der Waals surface area contributed by atoms with Crippen molar-refractivity contribution in [2.45, 2.75) is 13.0 Å². The number of nitrogens with one attached hydrogen (secondary N) is 3. The van der Waals surface area contributed by atoms with Crippen LogP contribution in [0.5, 0.6) is 0 Å². The molecule has 0 fully saturated rings. The zero-order valence-corrected chi connectivity index (χ0v) is 18.4. The number of hydrogen-bond donors (Lipinski definition) is 3. The second kappa shape index (κ2) is 10.1. The highest BCUT2D eigenvalue weighted by Gasteiger charge is 2.15. The molecule has 0 saturated carbocycles. The van der Waals surface area contributed by atoms with Crippen LogP contribution in [-0.4, -0.2) is 69.0 Å². The first-order chi connectivity index (χ1) is 15.6. The number of aryl methyl sites for hydroxylation is 1. The Kier molecular flexibility index (Phi) is 6.76. The summed E-state index contributed by atoms with van der Waals surface area (Å²) in [5, 5.41) is 6.37. The topological polar surface area (TPSA) is 104 Å². The van der Waals surface area contributed by atoms with E-state index in [0.717, 1.165) is 37.3 Å². The van der Waals surface area contributed by atoms with E-state index in [2.05, 4.69) is 49.6 Å². The summed E-state index contributed by atoms with van der Waals surface area (Å²) in [6.45, 7) is 3.22. The van der Waals surface area contributed by atoms with Crippen LogP contribution in [0.1, 0.15) is 16.8 Å². The Balaban J connectivity index is 1.41. The lowest BCUT2D eigenvalue weighted by Gasteiger charge is -2.11. The molecule has 0 radical (unpaired) electrons. The number of aromatic nitrogens is 5. The van der Waals surface area contributed by atoms with Crippen molar-refractivity contribution < 1.29 is 4.79 Å². The van der Waals surface area contributed by atoms with E-state index in [4.69, 9.17) is 0 Å². The number of hydrogen-bond acceptors (Lipinski definition) is 6. The molecule has 32 heavy (non-hydrogen) atoms. The summed E-state index contributed by atoms with van der Waals surface area (Å²) in [6.07, 6.45) is 7.86. The van der Waals surface area contributed by atoms with Crippen LogP contribution in [0.15, 0.2) is 55.2 Å². The number of imidazole rings is 2. The van der Waals surface area contributed by atoms with Gasteiger partial charge in [0.1, 0.15) is 5.82 Å². The smallest absolute Gasteiger partial charge is 0.253 e. The number of pyridine rings is 1. The van der Waals surface area contributed by atoms with Gasteiger partial charge >= 0.3 is 0 Å². The van der Waals surface area contributed by atoms with Gasteiger partial charge in [0, 0.05) is 56.0 Å². The summed E-state index contributed by atoms with van der Waals surface area (Å²) >= 11 is 0. The number of amides is 1. The fourth-order valence-corrected chi connectivity index (χ4v) is 3.38. The summed E-state index contributed by atoms with van der Waals surface area (Å²) in [7, 11) is 4.10. The van der Waals surface area contributed by atoms with Crippen LogP contribution in [0.3, 0.4) is 0 Å². The molecule has 0 aliphatic heterocycles. The Morgan fingerprint density at radius 3 is 2.72 bits per heavy atom. The van der Waals surface area contributed by atoms with E-state index in [9.17, 15) is 4.79 Å². The number of benzene rings is 1. The van der Waals surface area contributed by atoms with Crippen molar-refractivity contribution in [1.82, 2.24) is 34.7 Å². The Hall–Kier alpha value is -3.72. The molecule has 0 unspecified atom stereocenters. The average Bonchev–Trinajstić information content (AvgIpc) is 3.46. The van der Waals surface area contributed by atoms with Gasteiger partial charge in [-0.15, -0.1) is 0 Å². The van der Waals surface area contributed by atoms with Crippen LogP contribution < -0.4 is 10.6 Å². The minimum absolute atomic E-state index is 0.140. The van der Waals surface area contributed by atoms with E-state index < -0.39 is 0 Å². The first kappa shape index (κ1) is 21.5. The van der Waals surface area contributed by atoms with Gasteiger partial charge in [-0.2, -0.15) is 0 Å². The molecule has 0 atom stereocenters. The summed E-state index contributed by atoms with van der Waals surface area (Å²) in [5.74, 6) is 0.548. The third kappa shape index (κ3) is 5.30. The molecule has 3 N–H and O–H groups in total. The Labute approximate surface area is 186 Å². The van der Waals surface area contributed by atoms with Crippen molar-refractivity contribution in [3.05, 3.63) is 60.8 Å². The number of anilines is 1. The Bertz CT molecular complexity index is 1150. The van der Waals surface area contributed by atoms with Gasteiger partial charge in [0.05, 0.1) is 17.4 Å². The minimum atomic E-state index is -0.140. The Morgan fingerprint density at radius 2 is 1.97 bits per heavy atom. The molecule has 0 spiro atoms. The molecule has 0 saturated heterocycles. The maximum Gasteiger partial charge on any atom is 0.253 e. The maximum absolute atomic E-state index is 12.7. The minimum Gasteiger partial charge on any atom is -0.384 e. The number of nitrogens with zero attached hydrogens (tertiary/aromatic N) is 5. The maximum atomic E-state index is 12.7. The first-order valence-corrected chi connectivity index (χ1v) is 10.7. The third-order valence-corrected chi connectivity index (χ3v) is 5.12. The fraction of sp³-hybridized carbons (Fsp3) is 0.304. The van der Waals surface area contributed by atoms with Gasteiger partial charge in [-0.3, -0.25) is 4.79 Å². The van der Waals surface area contributed by atoms with Crippen molar-refractivity contribution in [1.29, 1.82) is 0 Å². The van der Waals surface area contributed by atoms with Crippen molar-refractivity contribution >= 4 is 22.8 Å². The molecule has 4 rings (SSSR count). The Morgan fingerprint density at radius 1 is 1.12 bits per heavy atom. The van der Waals surface area contributed by atoms with E-state index in [-0.39, 0.29) is 5.91 Å². The second-order valence-electron chi connectivity index (χ2n) is 7.86. The lowest BCUT2D eigenvalue weighted by molar-refractivity contribution is 0.0954. The standard InChI is InChI=1S/C23H28N8O/c1-30(2)14-12-25-18-6-4-17(5-7-18)21-28-20-19(8-10-26-22(20)29-21)23(32)27-9-3-13-31-15-11-24-16-31/h4-8,10-11,15-16,25H,3,9,12-14H2,1-2H3,(H,27,32)(H,26,28,29). The van der Waals surface area contributed by atoms with Crippen LogP contribution in [0.25, 0.3) is 22.6 Å². The van der Waals surface area contributed by atoms with E-state index in [1.165, 1.54) is 0 Å². The van der Waals surface area contributed by atoms with E-state index in [1.54, 1.807) is 24.8 Å². The molecular formula is C23H28N8O. The van der Waals surface area contributed by atoms with E-state index >= 15 is 0 Å². The summed E-state index contributed by atoms with van der Waals surface area (Å²) in [5.41, 5.74) is 3.70. The third-order valence-electron chi connectivity index (χ3n) is 5.12. The molecule has 9 nitrogen and oxygen atoms in total. The SMILES string of the molecule is CN(C)CCNc1ccc(-c2nc3nccc(C(=O)NCCCn4ccnc4)c3[nH]2)cc1. The molecule has 9 heteroatoms. The quantitative estimate of drug-likeness (QED) is 0.333. The van der Waals surface area contributed by atoms with Crippen LogP contribution >= 0.6 is 0 Å². The van der Waals surface area contributed by atoms with Crippen LogP contribution in [-0.2, 0) is 6.54 Å². The van der Waals surface area contributed by atoms with Gasteiger partial charge in [0.25, 0.3) is 5.91 Å². The molecule has 4 aromatic rings. The lowest BCUT2D eigenvalue weighted by Crippen LogP contribution is -2.25. The van der Waals surface area contributed by atoms with Crippen LogP contribution in [0, 0.1) is 0 Å². The molecule has 166 valence electrons. The second-order valence-corrected chi connectivity index (χ2v) is 7.86. The van der Waals surface area contributed by atoms with Crippen LogP contribution in [0.2, 0.25) is 0 Å². The average molecular weight is 433 g/mol. The van der Waals surface area contributed by atoms with Crippen molar-refractivity contribution in [3.63, 3.8) is 0 Å². The predicted molar refractivity (Wildman–Crippen MR) is 126 cm³/mol. The zero-order valence-electron chi connectivity index (χ0n) is 18.4. The van der Waals surface area contributed by atoms with Gasteiger partial charge in [-0.1, -0.05) is 0 Å². The van der Waals surface area contributed by atoms with Gasteiger partial charge in [0.15, 0.2) is 5.65 Å². The highest BCUT2D eigenvalue weighted by Crippen LogP contribution is 2.23. The summed E-state index contributed by atoms with van der Waals surface area (Å²) in [4.78, 5) is 31.1. The molecule has 0 bridgehead atoms. The number of H-pyrrole nitrogens is 1. The van der Waals surface area contributed by atoms with Crippen LogP contribution in [0.4, 0.5) is 5.69 Å². The fourth-order valence-electron chi connectivity index (χ4n) is 3.38. The molecule has 3 aromatic heterocycles. The molecule has 1 amide bonds. The molecule has 1 aromatic carbocycles. The van der Waals surface area contributed by atoms with Gasteiger partial charge in [-0.25, -0.2) is 15.0 Å². The normalized spacial score (nSPS) is 11.2. The lowest BCUT2D eigenvalue weighted by atomic mass is 10.2. The summed E-state index contributed by atoms with van der Waals surface area (Å²) in [6, 6.07) is 9.78. The van der Waals surface area contributed by atoms with E-state index in [1.807, 2.05) is 35.0 Å². The van der Waals surface area contributed by atoms with Crippen molar-refractivity contribution in [2.24, 2.45) is 0 Å². The summed E-state index contributed by atoms with van der Waals surface area (Å²) < 4.78 is 1.99. The van der Waals surface area contributed by atoms with Crippen molar-refractivity contribution in [2.75, 3.05) is 39.0 Å². The molecular weight excluding hydrogens is 404 g/mol. The molecule has 3 heterocycles. The number of carbonyl (C=O) groups is 1. The number of likely N-dealkylation sites (N-methyl/N-ethyl adjacent to an activating group) is 1. The number of fused-ring (bicyclic) bond motifs is 1. The predicted octanol–water partition coefficient (Wildman–Crippen LogP) is 2.61. The molecule has 0 aliphatic rings. The zero-order chi connectivity index (χ0) is 22.3. The van der Waals surface area contributed by atoms with Gasteiger partial charge in [0.2, 0.25) is 0 Å². The number of aromatic amines is 1. The largest absolute Gasteiger partial charge is 0.384 e. The van der Waals surface area contributed by atoms with Gasteiger partial charge < -0.3 is 25.1 Å². The highest BCUT2D eigenvalue weighted by molar-refractivity contribution is 6.04. The van der Waals surface area contributed by atoms with E-state index in [0.29, 0.717) is 29.1 Å². The van der Waals surface area contributed by atoms with Crippen molar-refractivity contribution in [3.8, 4) is 11.4 Å².